The fourth-order valence-corrected chi connectivity index (χ4v) is 3.71. The van der Waals surface area contributed by atoms with Crippen LogP contribution in [-0.2, 0) is 14.8 Å². The van der Waals surface area contributed by atoms with Gasteiger partial charge in [0.1, 0.15) is 5.15 Å². The Morgan fingerprint density at radius 1 is 1.10 bits per heavy atom. The van der Waals surface area contributed by atoms with Crippen molar-refractivity contribution in [2.75, 3.05) is 6.54 Å². The maximum Gasteiger partial charge on any atom is 0.255 e. The quantitative estimate of drug-likeness (QED) is 0.356. The summed E-state index contributed by atoms with van der Waals surface area (Å²) in [7, 11) is -3.78. The van der Waals surface area contributed by atoms with Crippen LogP contribution in [0.25, 0.3) is 10.9 Å². The number of rotatable bonds is 6. The van der Waals surface area contributed by atoms with Crippen molar-refractivity contribution in [3.05, 3.63) is 70.4 Å². The largest absolute Gasteiger partial charge is 0.272 e. The highest BCUT2D eigenvalue weighted by molar-refractivity contribution is 7.89. The molecule has 0 spiro atoms. The van der Waals surface area contributed by atoms with E-state index in [0.29, 0.717) is 5.56 Å². The molecule has 0 aliphatic rings. The smallest absolute Gasteiger partial charge is 0.255 e. The van der Waals surface area contributed by atoms with Crippen molar-refractivity contribution in [3.8, 4) is 0 Å². The molecule has 9 heteroatoms. The van der Waals surface area contributed by atoms with Crippen molar-refractivity contribution in [3.63, 3.8) is 0 Å². The fraction of sp³-hybridized carbons (Fsp3) is 0.150. The van der Waals surface area contributed by atoms with Crippen molar-refractivity contribution in [1.82, 2.24) is 15.1 Å². The molecule has 0 fully saturated rings. The number of pyridine rings is 1. The van der Waals surface area contributed by atoms with Crippen molar-refractivity contribution in [1.29, 1.82) is 0 Å². The lowest BCUT2D eigenvalue weighted by Gasteiger charge is -2.06. The second-order valence-electron chi connectivity index (χ2n) is 6.50. The second-order valence-corrected chi connectivity index (χ2v) is 8.62. The van der Waals surface area contributed by atoms with Crippen LogP contribution >= 0.6 is 11.6 Å². The summed E-state index contributed by atoms with van der Waals surface area (Å²) in [5.41, 5.74) is 5.57. The zero-order valence-electron chi connectivity index (χ0n) is 15.8. The van der Waals surface area contributed by atoms with Crippen LogP contribution in [0.5, 0.6) is 0 Å². The van der Waals surface area contributed by atoms with Crippen LogP contribution in [0.2, 0.25) is 5.15 Å². The number of carbonyl (C=O) groups is 1. The van der Waals surface area contributed by atoms with Gasteiger partial charge in [-0.2, -0.15) is 5.10 Å². The third-order valence-corrected chi connectivity index (χ3v) is 5.82. The van der Waals surface area contributed by atoms with Crippen molar-refractivity contribution in [2.24, 2.45) is 5.10 Å². The van der Waals surface area contributed by atoms with E-state index in [-0.39, 0.29) is 10.0 Å². The zero-order valence-corrected chi connectivity index (χ0v) is 17.4. The normalized spacial score (nSPS) is 11.8. The number of carbonyl (C=O) groups excluding carboxylic acids is 1. The van der Waals surface area contributed by atoms with Gasteiger partial charge in [0, 0.05) is 10.9 Å². The maximum atomic E-state index is 12.2. The first-order valence-electron chi connectivity index (χ1n) is 8.70. The van der Waals surface area contributed by atoms with E-state index in [9.17, 15) is 13.2 Å². The highest BCUT2D eigenvalue weighted by Gasteiger charge is 2.15. The van der Waals surface area contributed by atoms with Crippen LogP contribution in [0, 0.1) is 13.8 Å². The Bertz CT molecular complexity index is 1190. The SMILES string of the molecule is Cc1ccc(S(=O)(=O)NCC(=O)N/N=C/c2cc3ccc(C)cc3nc2Cl)cc1. The molecule has 1 heterocycles. The molecule has 1 aromatic heterocycles. The van der Waals surface area contributed by atoms with E-state index >= 15 is 0 Å². The summed E-state index contributed by atoms with van der Waals surface area (Å²) in [5, 5.41) is 4.97. The molecule has 0 bridgehead atoms. The van der Waals surface area contributed by atoms with Crippen LogP contribution in [0.1, 0.15) is 16.7 Å². The molecule has 2 aromatic carbocycles. The molecule has 0 radical (unpaired) electrons. The Kier molecular flexibility index (Phi) is 6.26. The van der Waals surface area contributed by atoms with Crippen molar-refractivity contribution < 1.29 is 13.2 Å². The minimum absolute atomic E-state index is 0.0867. The first-order chi connectivity index (χ1) is 13.7. The molecule has 1 amide bonds. The van der Waals surface area contributed by atoms with E-state index in [1.807, 2.05) is 32.0 Å². The van der Waals surface area contributed by atoms with E-state index in [1.165, 1.54) is 18.3 Å². The van der Waals surface area contributed by atoms with E-state index in [2.05, 4.69) is 20.2 Å². The summed E-state index contributed by atoms with van der Waals surface area (Å²) < 4.78 is 26.6. The molecule has 0 atom stereocenters. The molecular formula is C20H19ClN4O3S. The van der Waals surface area contributed by atoms with Gasteiger partial charge in [-0.25, -0.2) is 23.5 Å². The monoisotopic (exact) mass is 430 g/mol. The summed E-state index contributed by atoms with van der Waals surface area (Å²) >= 11 is 6.16. The van der Waals surface area contributed by atoms with Crippen molar-refractivity contribution in [2.45, 2.75) is 18.7 Å². The summed E-state index contributed by atoms with van der Waals surface area (Å²) in [6, 6.07) is 13.9. The molecule has 150 valence electrons. The van der Waals surface area contributed by atoms with Gasteiger partial charge in [-0.15, -0.1) is 0 Å². The molecule has 2 N–H and O–H groups in total. The molecule has 0 saturated heterocycles. The van der Waals surface area contributed by atoms with Gasteiger partial charge in [0.15, 0.2) is 0 Å². The average Bonchev–Trinajstić information content (AvgIpc) is 2.67. The van der Waals surface area contributed by atoms with E-state index < -0.39 is 22.5 Å². The summed E-state index contributed by atoms with van der Waals surface area (Å²) in [5.74, 6) is -0.613. The average molecular weight is 431 g/mol. The molecule has 7 nitrogen and oxygen atoms in total. The molecule has 3 aromatic rings. The van der Waals surface area contributed by atoms with Crippen molar-refractivity contribution >= 4 is 44.6 Å². The molecular weight excluding hydrogens is 412 g/mol. The number of nitrogens with one attached hydrogen (secondary N) is 2. The number of aryl methyl sites for hydroxylation is 2. The Balaban J connectivity index is 1.61. The van der Waals surface area contributed by atoms with Gasteiger partial charge in [0.25, 0.3) is 5.91 Å². The lowest BCUT2D eigenvalue weighted by atomic mass is 10.1. The van der Waals surface area contributed by atoms with Crippen LogP contribution in [0.15, 0.2) is 58.5 Å². The standard InChI is InChI=1S/C20H19ClN4O3S/c1-13-4-7-17(8-5-13)29(27,28)23-12-19(26)25-22-11-16-10-15-6-3-14(2)9-18(15)24-20(16)21/h3-11,23H,12H2,1-2H3,(H,25,26)/b22-11+. The predicted molar refractivity (Wildman–Crippen MR) is 114 cm³/mol. The number of benzene rings is 2. The lowest BCUT2D eigenvalue weighted by Crippen LogP contribution is -2.34. The number of halogens is 1. The predicted octanol–water partition coefficient (Wildman–Crippen LogP) is 2.93. The van der Waals surface area contributed by atoms with E-state index in [1.54, 1.807) is 18.2 Å². The molecule has 0 unspecified atom stereocenters. The Morgan fingerprint density at radius 3 is 2.52 bits per heavy atom. The van der Waals surface area contributed by atoms with Gasteiger partial charge >= 0.3 is 0 Å². The van der Waals surface area contributed by atoms with Gasteiger partial charge in [-0.1, -0.05) is 41.4 Å². The Labute approximate surface area is 173 Å². The van der Waals surface area contributed by atoms with Gasteiger partial charge in [0.2, 0.25) is 10.0 Å². The van der Waals surface area contributed by atoms with Crippen LogP contribution in [0.4, 0.5) is 0 Å². The topological polar surface area (TPSA) is 101 Å². The van der Waals surface area contributed by atoms with Gasteiger partial charge in [0.05, 0.1) is 23.2 Å². The summed E-state index contributed by atoms with van der Waals surface area (Å²) in [4.78, 5) is 16.3. The van der Waals surface area contributed by atoms with Gasteiger partial charge in [-0.3, -0.25) is 4.79 Å². The number of aromatic nitrogens is 1. The Hall–Kier alpha value is -2.81. The summed E-state index contributed by atoms with van der Waals surface area (Å²) in [6.45, 7) is 3.37. The minimum atomic E-state index is -3.78. The van der Waals surface area contributed by atoms with Gasteiger partial charge < -0.3 is 0 Å². The third kappa shape index (κ3) is 5.38. The summed E-state index contributed by atoms with van der Waals surface area (Å²) in [6.07, 6.45) is 1.36. The number of hydrogen-bond donors (Lipinski definition) is 2. The third-order valence-electron chi connectivity index (χ3n) is 4.10. The number of hydrogen-bond acceptors (Lipinski definition) is 5. The second kappa shape index (κ2) is 8.69. The Morgan fingerprint density at radius 2 is 1.79 bits per heavy atom. The van der Waals surface area contributed by atoms with Gasteiger partial charge in [-0.05, 0) is 43.7 Å². The zero-order chi connectivity index (χ0) is 21.0. The van der Waals surface area contributed by atoms with Crippen LogP contribution < -0.4 is 10.1 Å². The number of sulfonamides is 1. The highest BCUT2D eigenvalue weighted by atomic mass is 35.5. The number of fused-ring (bicyclic) bond motifs is 1. The van der Waals surface area contributed by atoms with Crippen LogP contribution in [-0.4, -0.2) is 32.1 Å². The lowest BCUT2D eigenvalue weighted by molar-refractivity contribution is -0.119. The molecule has 0 saturated carbocycles. The first kappa shape index (κ1) is 20.9. The number of hydrazone groups is 1. The number of amides is 1. The maximum absolute atomic E-state index is 12.2. The molecule has 0 aliphatic carbocycles. The fourth-order valence-electron chi connectivity index (χ4n) is 2.54. The van der Waals surface area contributed by atoms with E-state index in [4.69, 9.17) is 11.6 Å². The first-order valence-corrected chi connectivity index (χ1v) is 10.6. The molecule has 0 aliphatic heterocycles. The molecule has 3 rings (SSSR count). The van der Waals surface area contributed by atoms with Crippen LogP contribution in [0.3, 0.4) is 0 Å². The molecule has 29 heavy (non-hydrogen) atoms. The highest BCUT2D eigenvalue weighted by Crippen LogP contribution is 2.20. The minimum Gasteiger partial charge on any atom is -0.272 e. The van der Waals surface area contributed by atoms with E-state index in [0.717, 1.165) is 22.0 Å². The number of nitrogens with zero attached hydrogens (tertiary/aromatic N) is 2.